The first-order valence-electron chi connectivity index (χ1n) is 5.30. The summed E-state index contributed by atoms with van der Waals surface area (Å²) in [6, 6.07) is 2.79. The molecule has 0 spiro atoms. The number of amides is 1. The Hall–Kier alpha value is -2.90. The Morgan fingerprint density at radius 1 is 1.47 bits per heavy atom. The number of anilines is 1. The van der Waals surface area contributed by atoms with Gasteiger partial charge in [0, 0.05) is 19.4 Å². The Morgan fingerprint density at radius 2 is 2.21 bits per heavy atom. The van der Waals surface area contributed by atoms with Gasteiger partial charge in [0.2, 0.25) is 0 Å². The normalized spacial score (nSPS) is 10.2. The van der Waals surface area contributed by atoms with E-state index in [1.165, 1.54) is 36.3 Å². The maximum atomic E-state index is 11.4. The lowest BCUT2D eigenvalue weighted by atomic mass is 10.2. The number of nitrogen functional groups attached to an aromatic ring is 1. The highest BCUT2D eigenvalue weighted by molar-refractivity contribution is 5.92. The SMILES string of the molecule is CNC(=O)c1ccn(-c2ncc(C(=O)O)cc2N)n1. The van der Waals surface area contributed by atoms with E-state index in [2.05, 4.69) is 15.4 Å². The van der Waals surface area contributed by atoms with Crippen LogP contribution >= 0.6 is 0 Å². The maximum Gasteiger partial charge on any atom is 0.337 e. The van der Waals surface area contributed by atoms with Crippen molar-refractivity contribution in [2.45, 2.75) is 0 Å². The van der Waals surface area contributed by atoms with Gasteiger partial charge >= 0.3 is 5.97 Å². The number of hydrogen-bond acceptors (Lipinski definition) is 5. The second-order valence-electron chi connectivity index (χ2n) is 3.67. The molecule has 8 heteroatoms. The smallest absolute Gasteiger partial charge is 0.337 e. The van der Waals surface area contributed by atoms with Crippen LogP contribution in [0.3, 0.4) is 0 Å². The van der Waals surface area contributed by atoms with Gasteiger partial charge in [0.1, 0.15) is 0 Å². The topological polar surface area (TPSA) is 123 Å². The van der Waals surface area contributed by atoms with Crippen LogP contribution in [0.25, 0.3) is 5.82 Å². The van der Waals surface area contributed by atoms with E-state index in [4.69, 9.17) is 10.8 Å². The number of nitrogens with two attached hydrogens (primary N) is 1. The molecule has 0 fully saturated rings. The summed E-state index contributed by atoms with van der Waals surface area (Å²) in [7, 11) is 1.50. The highest BCUT2D eigenvalue weighted by Gasteiger charge is 2.12. The van der Waals surface area contributed by atoms with Crippen LogP contribution in [0.15, 0.2) is 24.5 Å². The Morgan fingerprint density at radius 3 is 2.79 bits per heavy atom. The van der Waals surface area contributed by atoms with Gasteiger partial charge in [-0.05, 0) is 12.1 Å². The average Bonchev–Trinajstić information content (AvgIpc) is 2.87. The molecule has 0 aliphatic carbocycles. The van der Waals surface area contributed by atoms with Gasteiger partial charge in [-0.2, -0.15) is 5.10 Å². The fraction of sp³-hybridized carbons (Fsp3) is 0.0909. The van der Waals surface area contributed by atoms with Crippen molar-refractivity contribution >= 4 is 17.6 Å². The fourth-order valence-corrected chi connectivity index (χ4v) is 1.47. The van der Waals surface area contributed by atoms with Crippen molar-refractivity contribution < 1.29 is 14.7 Å². The van der Waals surface area contributed by atoms with Crippen molar-refractivity contribution in [3.8, 4) is 5.82 Å². The number of pyridine rings is 1. The van der Waals surface area contributed by atoms with Crippen molar-refractivity contribution in [2.75, 3.05) is 12.8 Å². The number of carboxylic acid groups (broad SMARTS) is 1. The molecule has 98 valence electrons. The van der Waals surface area contributed by atoms with Gasteiger partial charge in [-0.15, -0.1) is 0 Å². The molecule has 0 aliphatic rings. The third-order valence-electron chi connectivity index (χ3n) is 2.41. The first-order chi connectivity index (χ1) is 9.02. The summed E-state index contributed by atoms with van der Waals surface area (Å²) < 4.78 is 1.31. The molecule has 0 bridgehead atoms. The molecule has 2 aromatic heterocycles. The number of carbonyl (C=O) groups excluding carboxylic acids is 1. The molecule has 4 N–H and O–H groups in total. The summed E-state index contributed by atoms with van der Waals surface area (Å²) in [6.07, 6.45) is 2.69. The van der Waals surface area contributed by atoms with Crippen LogP contribution < -0.4 is 11.1 Å². The third kappa shape index (κ3) is 2.37. The minimum atomic E-state index is -1.11. The zero-order valence-electron chi connectivity index (χ0n) is 9.99. The largest absolute Gasteiger partial charge is 0.478 e. The van der Waals surface area contributed by atoms with Crippen LogP contribution in [-0.4, -0.2) is 38.8 Å². The first-order valence-corrected chi connectivity index (χ1v) is 5.30. The molecule has 8 nitrogen and oxygen atoms in total. The molecule has 0 radical (unpaired) electrons. The van der Waals surface area contributed by atoms with Crippen molar-refractivity contribution in [1.82, 2.24) is 20.1 Å². The minimum Gasteiger partial charge on any atom is -0.478 e. The van der Waals surface area contributed by atoms with Gasteiger partial charge in [-0.1, -0.05) is 0 Å². The van der Waals surface area contributed by atoms with Crippen LogP contribution in [0.5, 0.6) is 0 Å². The minimum absolute atomic E-state index is 0.0140. The summed E-state index contributed by atoms with van der Waals surface area (Å²) in [4.78, 5) is 26.1. The van der Waals surface area contributed by atoms with E-state index in [9.17, 15) is 9.59 Å². The predicted octanol–water partition coefficient (Wildman–Crippen LogP) is -0.0927. The fourth-order valence-electron chi connectivity index (χ4n) is 1.47. The average molecular weight is 261 g/mol. The van der Waals surface area contributed by atoms with Crippen molar-refractivity contribution in [1.29, 1.82) is 0 Å². The Balaban J connectivity index is 2.39. The van der Waals surface area contributed by atoms with Gasteiger partial charge in [0.15, 0.2) is 11.5 Å². The number of aromatic nitrogens is 3. The lowest BCUT2D eigenvalue weighted by molar-refractivity contribution is 0.0696. The van der Waals surface area contributed by atoms with E-state index in [1.54, 1.807) is 0 Å². The second kappa shape index (κ2) is 4.77. The molecule has 0 unspecified atom stereocenters. The summed E-state index contributed by atoms with van der Waals surface area (Å²) in [5.41, 5.74) is 6.08. The van der Waals surface area contributed by atoms with Gasteiger partial charge in [-0.3, -0.25) is 4.79 Å². The number of nitrogens with zero attached hydrogens (tertiary/aromatic N) is 3. The molecule has 2 aromatic rings. The molecule has 2 rings (SSSR count). The van der Waals surface area contributed by atoms with Crippen LogP contribution in [0.1, 0.15) is 20.8 Å². The molecular formula is C11H11N5O3. The molecule has 0 saturated carbocycles. The summed E-state index contributed by atoms with van der Waals surface area (Å²) in [6.45, 7) is 0. The number of rotatable bonds is 3. The molecule has 1 amide bonds. The van der Waals surface area contributed by atoms with Crippen LogP contribution in [0, 0.1) is 0 Å². The van der Waals surface area contributed by atoms with Crippen LogP contribution in [0.2, 0.25) is 0 Å². The quantitative estimate of drug-likeness (QED) is 0.709. The summed E-state index contributed by atoms with van der Waals surface area (Å²) in [5, 5.41) is 15.3. The van der Waals surface area contributed by atoms with E-state index in [-0.39, 0.29) is 28.7 Å². The number of carboxylic acids is 1. The molecule has 0 aliphatic heterocycles. The molecule has 0 aromatic carbocycles. The monoisotopic (exact) mass is 261 g/mol. The van der Waals surface area contributed by atoms with Crippen LogP contribution in [0.4, 0.5) is 5.69 Å². The van der Waals surface area contributed by atoms with E-state index >= 15 is 0 Å². The predicted molar refractivity (Wildman–Crippen MR) is 66.1 cm³/mol. The molecular weight excluding hydrogens is 250 g/mol. The number of hydrogen-bond donors (Lipinski definition) is 3. The van der Waals surface area contributed by atoms with Gasteiger partial charge in [0.05, 0.1) is 11.3 Å². The van der Waals surface area contributed by atoms with Crippen molar-refractivity contribution in [2.24, 2.45) is 0 Å². The third-order valence-corrected chi connectivity index (χ3v) is 2.41. The molecule has 19 heavy (non-hydrogen) atoms. The Labute approximate surface area is 107 Å². The second-order valence-corrected chi connectivity index (χ2v) is 3.67. The van der Waals surface area contributed by atoms with Crippen molar-refractivity contribution in [3.05, 3.63) is 35.8 Å². The zero-order valence-corrected chi connectivity index (χ0v) is 9.99. The lowest BCUT2D eigenvalue weighted by Gasteiger charge is -2.05. The summed E-state index contributed by atoms with van der Waals surface area (Å²) in [5.74, 6) is -1.18. The maximum absolute atomic E-state index is 11.4. The highest BCUT2D eigenvalue weighted by Crippen LogP contribution is 2.15. The molecule has 0 saturated heterocycles. The Bertz CT molecular complexity index is 650. The first kappa shape index (κ1) is 12.6. The zero-order chi connectivity index (χ0) is 14.0. The number of aromatic carboxylic acids is 1. The molecule has 0 atom stereocenters. The van der Waals surface area contributed by atoms with E-state index in [0.29, 0.717) is 0 Å². The van der Waals surface area contributed by atoms with Gasteiger partial charge in [0.25, 0.3) is 5.91 Å². The summed E-state index contributed by atoms with van der Waals surface area (Å²) >= 11 is 0. The number of carbonyl (C=O) groups is 2. The van der Waals surface area contributed by atoms with E-state index in [1.807, 2.05) is 0 Å². The lowest BCUT2D eigenvalue weighted by Crippen LogP contribution is -2.18. The van der Waals surface area contributed by atoms with E-state index in [0.717, 1.165) is 0 Å². The van der Waals surface area contributed by atoms with E-state index < -0.39 is 5.97 Å². The highest BCUT2D eigenvalue weighted by atomic mass is 16.4. The van der Waals surface area contributed by atoms with Gasteiger partial charge in [-0.25, -0.2) is 14.5 Å². The molecule has 2 heterocycles. The number of nitrogens with one attached hydrogen (secondary N) is 1. The van der Waals surface area contributed by atoms with Gasteiger partial charge < -0.3 is 16.2 Å². The standard InChI is InChI=1S/C11H11N5O3/c1-13-10(17)8-2-3-16(15-8)9-7(12)4-6(5-14-9)11(18)19/h2-5H,12H2,1H3,(H,13,17)(H,18,19). The van der Waals surface area contributed by atoms with Crippen molar-refractivity contribution in [3.63, 3.8) is 0 Å². The Kier molecular flexibility index (Phi) is 3.15. The van der Waals surface area contributed by atoms with Crippen LogP contribution in [-0.2, 0) is 0 Å².